The van der Waals surface area contributed by atoms with Crippen molar-refractivity contribution in [3.63, 3.8) is 0 Å². The topological polar surface area (TPSA) is 88.2 Å². The molecule has 0 saturated carbocycles. The van der Waals surface area contributed by atoms with Crippen LogP contribution in [0.25, 0.3) is 0 Å². The van der Waals surface area contributed by atoms with E-state index in [1.807, 2.05) is 19.9 Å². The van der Waals surface area contributed by atoms with E-state index in [1.165, 1.54) is 0 Å². The quantitative estimate of drug-likeness (QED) is 0.655. The fraction of sp³-hybridized carbons (Fsp3) is 0.667. The lowest BCUT2D eigenvalue weighted by Gasteiger charge is -2.21. The highest BCUT2D eigenvalue weighted by atomic mass is 16.5. The number of carbonyl (C=O) groups is 1. The Hall–Kier alpha value is -1.89. The van der Waals surface area contributed by atoms with Gasteiger partial charge in [-0.3, -0.25) is 4.79 Å². The second-order valence-electron chi connectivity index (χ2n) is 5.35. The van der Waals surface area contributed by atoms with Crippen molar-refractivity contribution < 1.29 is 9.53 Å². The van der Waals surface area contributed by atoms with E-state index in [0.717, 1.165) is 30.9 Å². The molecule has 1 aliphatic heterocycles. The smallest absolute Gasteiger partial charge is 0.224 e. The van der Waals surface area contributed by atoms with Crippen LogP contribution >= 0.6 is 0 Å². The van der Waals surface area contributed by atoms with E-state index in [4.69, 9.17) is 4.74 Å². The van der Waals surface area contributed by atoms with Gasteiger partial charge in [-0.15, -0.1) is 0 Å². The second-order valence-corrected chi connectivity index (χ2v) is 5.35. The van der Waals surface area contributed by atoms with E-state index >= 15 is 0 Å². The highest BCUT2D eigenvalue weighted by Crippen LogP contribution is 2.14. The fourth-order valence-electron chi connectivity index (χ4n) is 2.38. The molecule has 0 radical (unpaired) electrons. The number of ether oxygens (including phenoxy) is 1. The molecule has 1 aromatic rings. The van der Waals surface area contributed by atoms with Gasteiger partial charge in [-0.1, -0.05) is 0 Å². The first-order chi connectivity index (χ1) is 10.7. The molecule has 22 heavy (non-hydrogen) atoms. The number of carbonyl (C=O) groups excluding carboxylic acids is 1. The highest BCUT2D eigenvalue weighted by Gasteiger charge is 2.20. The zero-order valence-electron chi connectivity index (χ0n) is 13.3. The lowest BCUT2D eigenvalue weighted by atomic mass is 9.99. The van der Waals surface area contributed by atoms with Crippen molar-refractivity contribution in [3.8, 4) is 0 Å². The Balaban J connectivity index is 1.72. The molecule has 7 nitrogen and oxygen atoms in total. The zero-order valence-corrected chi connectivity index (χ0v) is 13.3. The maximum absolute atomic E-state index is 12.0. The second kappa shape index (κ2) is 8.53. The number of hydrogen-bond donors (Lipinski definition) is 3. The minimum atomic E-state index is 0.0930. The first-order valence-corrected chi connectivity index (χ1v) is 7.88. The van der Waals surface area contributed by atoms with Crippen molar-refractivity contribution in [2.24, 2.45) is 5.92 Å². The van der Waals surface area contributed by atoms with Crippen molar-refractivity contribution >= 4 is 17.7 Å². The zero-order chi connectivity index (χ0) is 15.8. The molecule has 0 bridgehead atoms. The molecule has 0 aliphatic carbocycles. The minimum absolute atomic E-state index is 0.0930. The average molecular weight is 307 g/mol. The van der Waals surface area contributed by atoms with Crippen LogP contribution in [0.15, 0.2) is 6.07 Å². The van der Waals surface area contributed by atoms with Crippen LogP contribution in [0.3, 0.4) is 0 Å². The number of rotatable bonds is 7. The van der Waals surface area contributed by atoms with Crippen molar-refractivity contribution in [2.45, 2.75) is 26.7 Å². The van der Waals surface area contributed by atoms with Gasteiger partial charge < -0.3 is 20.7 Å². The van der Waals surface area contributed by atoms with E-state index < -0.39 is 0 Å². The summed E-state index contributed by atoms with van der Waals surface area (Å²) in [5.41, 5.74) is 0.902. The first-order valence-electron chi connectivity index (χ1n) is 7.88. The number of amides is 1. The molecule has 2 rings (SSSR count). The summed E-state index contributed by atoms with van der Waals surface area (Å²) in [6, 6.07) is 1.89. The molecule has 2 heterocycles. The largest absolute Gasteiger partial charge is 0.381 e. The van der Waals surface area contributed by atoms with Gasteiger partial charge in [0.2, 0.25) is 11.9 Å². The minimum Gasteiger partial charge on any atom is -0.381 e. The Morgan fingerprint density at radius 2 is 2.05 bits per heavy atom. The van der Waals surface area contributed by atoms with Crippen molar-refractivity contribution in [2.75, 3.05) is 43.5 Å². The van der Waals surface area contributed by atoms with Crippen LogP contribution in [0.4, 0.5) is 11.8 Å². The van der Waals surface area contributed by atoms with Crippen LogP contribution in [-0.2, 0) is 9.53 Å². The van der Waals surface area contributed by atoms with Gasteiger partial charge in [0.1, 0.15) is 5.82 Å². The standard InChI is InChI=1S/C15H25N5O2/c1-3-16-15-19-11(2)10-13(20-15)17-6-7-18-14(21)12-4-8-22-9-5-12/h10,12H,3-9H2,1-2H3,(H,18,21)(H2,16,17,19,20). The molecular formula is C15H25N5O2. The van der Waals surface area contributed by atoms with Crippen LogP contribution in [0.5, 0.6) is 0 Å². The molecule has 1 amide bonds. The molecule has 1 aliphatic rings. The van der Waals surface area contributed by atoms with E-state index in [0.29, 0.717) is 32.3 Å². The molecule has 3 N–H and O–H groups in total. The Morgan fingerprint density at radius 3 is 2.77 bits per heavy atom. The fourth-order valence-corrected chi connectivity index (χ4v) is 2.38. The number of hydrogen-bond acceptors (Lipinski definition) is 6. The van der Waals surface area contributed by atoms with Crippen LogP contribution < -0.4 is 16.0 Å². The molecule has 7 heteroatoms. The van der Waals surface area contributed by atoms with Crippen LogP contribution in [0.1, 0.15) is 25.5 Å². The Morgan fingerprint density at radius 1 is 1.27 bits per heavy atom. The van der Waals surface area contributed by atoms with Gasteiger partial charge in [-0.2, -0.15) is 4.98 Å². The van der Waals surface area contributed by atoms with Gasteiger partial charge in [0.25, 0.3) is 0 Å². The maximum Gasteiger partial charge on any atom is 0.224 e. The van der Waals surface area contributed by atoms with E-state index in [-0.39, 0.29) is 11.8 Å². The SMILES string of the molecule is CCNc1nc(C)cc(NCCNC(=O)C2CCOCC2)n1. The van der Waals surface area contributed by atoms with Crippen molar-refractivity contribution in [1.29, 1.82) is 0 Å². The van der Waals surface area contributed by atoms with Crippen LogP contribution in [0.2, 0.25) is 0 Å². The number of nitrogens with one attached hydrogen (secondary N) is 3. The summed E-state index contributed by atoms with van der Waals surface area (Å²) in [6.45, 7) is 7.30. The van der Waals surface area contributed by atoms with Gasteiger partial charge in [-0.05, 0) is 26.7 Å². The molecule has 0 spiro atoms. The summed E-state index contributed by atoms with van der Waals surface area (Å²) in [4.78, 5) is 20.6. The summed E-state index contributed by atoms with van der Waals surface area (Å²) >= 11 is 0. The third kappa shape index (κ3) is 5.14. The number of anilines is 2. The van der Waals surface area contributed by atoms with Crippen molar-refractivity contribution in [3.05, 3.63) is 11.8 Å². The van der Waals surface area contributed by atoms with E-state index in [9.17, 15) is 4.79 Å². The lowest BCUT2D eigenvalue weighted by Crippen LogP contribution is -2.36. The average Bonchev–Trinajstić information content (AvgIpc) is 2.52. The summed E-state index contributed by atoms with van der Waals surface area (Å²) < 4.78 is 5.26. The van der Waals surface area contributed by atoms with Gasteiger partial charge in [0.15, 0.2) is 0 Å². The summed E-state index contributed by atoms with van der Waals surface area (Å²) in [5, 5.41) is 9.27. The molecule has 1 fully saturated rings. The third-order valence-corrected chi connectivity index (χ3v) is 3.51. The molecule has 0 atom stereocenters. The Kier molecular flexibility index (Phi) is 6.39. The normalized spacial score (nSPS) is 15.4. The van der Waals surface area contributed by atoms with E-state index in [2.05, 4.69) is 25.9 Å². The van der Waals surface area contributed by atoms with Gasteiger partial charge in [0.05, 0.1) is 0 Å². The monoisotopic (exact) mass is 307 g/mol. The van der Waals surface area contributed by atoms with Crippen LogP contribution in [-0.4, -0.2) is 48.7 Å². The van der Waals surface area contributed by atoms with E-state index in [1.54, 1.807) is 0 Å². The highest BCUT2D eigenvalue weighted by molar-refractivity contribution is 5.78. The molecule has 1 saturated heterocycles. The summed E-state index contributed by atoms with van der Waals surface area (Å²) in [6.07, 6.45) is 1.63. The molecule has 1 aromatic heterocycles. The van der Waals surface area contributed by atoms with Gasteiger partial charge >= 0.3 is 0 Å². The molecular weight excluding hydrogens is 282 g/mol. The van der Waals surface area contributed by atoms with Gasteiger partial charge in [0, 0.05) is 50.5 Å². The van der Waals surface area contributed by atoms with Gasteiger partial charge in [-0.25, -0.2) is 4.98 Å². The lowest BCUT2D eigenvalue weighted by molar-refractivity contribution is -0.127. The molecule has 0 unspecified atom stereocenters. The molecule has 0 aromatic carbocycles. The number of nitrogens with zero attached hydrogens (tertiary/aromatic N) is 2. The van der Waals surface area contributed by atoms with Crippen molar-refractivity contribution in [1.82, 2.24) is 15.3 Å². The summed E-state index contributed by atoms with van der Waals surface area (Å²) in [7, 11) is 0. The predicted molar refractivity (Wildman–Crippen MR) is 86.0 cm³/mol. The van der Waals surface area contributed by atoms with Crippen LogP contribution in [0, 0.1) is 12.8 Å². The maximum atomic E-state index is 12.0. The molecule has 122 valence electrons. The Bertz CT molecular complexity index is 489. The first kappa shape index (κ1) is 16.5. The predicted octanol–water partition coefficient (Wildman–Crippen LogP) is 1.17. The number of aryl methyl sites for hydroxylation is 1. The number of aromatic nitrogens is 2. The summed E-state index contributed by atoms with van der Waals surface area (Å²) in [5.74, 6) is 1.60. The Labute approximate surface area is 131 Å². The third-order valence-electron chi connectivity index (χ3n) is 3.51.